The predicted octanol–water partition coefficient (Wildman–Crippen LogP) is 5.36. The zero-order valence-corrected chi connectivity index (χ0v) is 12.5. The third-order valence-corrected chi connectivity index (χ3v) is 4.36. The average molecular weight is 285 g/mol. The summed E-state index contributed by atoms with van der Waals surface area (Å²) in [6.45, 7) is 2.20. The minimum Gasteiger partial charge on any atom is -0.299 e. The highest BCUT2D eigenvalue weighted by atomic mass is 35.5. The van der Waals surface area contributed by atoms with Gasteiger partial charge >= 0.3 is 0 Å². The molecule has 0 aliphatic carbocycles. The number of carbonyl (C=O) groups excluding carboxylic acids is 1. The van der Waals surface area contributed by atoms with E-state index in [0.717, 1.165) is 16.3 Å². The van der Waals surface area contributed by atoms with Gasteiger partial charge in [0.2, 0.25) is 0 Å². The fourth-order valence-corrected chi connectivity index (χ4v) is 2.86. The monoisotopic (exact) mass is 284 g/mol. The molecular weight excluding hydrogens is 264 g/mol. The lowest BCUT2D eigenvalue weighted by atomic mass is 10.1. The summed E-state index contributed by atoms with van der Waals surface area (Å²) in [4.78, 5) is 12.7. The number of Topliss-reactive ketones (excluding diaryl/α,β-unsaturated/α-hetero) is 1. The highest BCUT2D eigenvalue weighted by molar-refractivity contribution is 8.00. The van der Waals surface area contributed by atoms with E-state index < -0.39 is 0 Å². The number of benzene rings is 1. The van der Waals surface area contributed by atoms with Gasteiger partial charge in [-0.05, 0) is 18.6 Å². The first kappa shape index (κ1) is 15.6. The molecule has 3 heteroatoms. The minimum atomic E-state index is 0.330. The molecule has 0 bridgehead atoms. The van der Waals surface area contributed by atoms with E-state index >= 15 is 0 Å². The van der Waals surface area contributed by atoms with Crippen molar-refractivity contribution in [2.45, 2.75) is 50.3 Å². The first-order valence-corrected chi connectivity index (χ1v) is 7.99. The zero-order chi connectivity index (χ0) is 13.2. The Morgan fingerprint density at radius 3 is 2.61 bits per heavy atom. The molecule has 100 valence electrons. The molecule has 18 heavy (non-hydrogen) atoms. The maximum absolute atomic E-state index is 11.7. The third-order valence-electron chi connectivity index (χ3n) is 2.78. The Morgan fingerprint density at radius 1 is 1.17 bits per heavy atom. The number of unbranched alkanes of at least 4 members (excludes halogenated alkanes) is 4. The largest absolute Gasteiger partial charge is 0.299 e. The Hall–Kier alpha value is -0.470. The van der Waals surface area contributed by atoms with Crippen LogP contribution in [0.4, 0.5) is 0 Å². The Balaban J connectivity index is 2.15. The molecule has 1 aromatic rings. The molecule has 1 aromatic carbocycles. The zero-order valence-electron chi connectivity index (χ0n) is 11.0. The molecule has 0 heterocycles. The summed E-state index contributed by atoms with van der Waals surface area (Å²) < 4.78 is 0. The molecule has 0 fully saturated rings. The molecular formula is C15H21ClOS. The number of hydrogen-bond donors (Lipinski definition) is 0. The van der Waals surface area contributed by atoms with Crippen LogP contribution in [0.3, 0.4) is 0 Å². The second-order valence-electron chi connectivity index (χ2n) is 4.42. The number of halogens is 1. The van der Waals surface area contributed by atoms with Crippen LogP contribution in [0, 0.1) is 0 Å². The topological polar surface area (TPSA) is 17.1 Å². The SMILES string of the molecule is CCCCCCCC(=O)CSc1ccccc1Cl. The first-order valence-electron chi connectivity index (χ1n) is 6.63. The van der Waals surface area contributed by atoms with Crippen LogP contribution >= 0.6 is 23.4 Å². The third kappa shape index (κ3) is 6.46. The summed E-state index contributed by atoms with van der Waals surface area (Å²) in [6, 6.07) is 7.67. The Kier molecular flexibility index (Phi) is 8.19. The fourth-order valence-electron chi connectivity index (χ4n) is 1.72. The van der Waals surface area contributed by atoms with Gasteiger partial charge in [0.15, 0.2) is 0 Å². The van der Waals surface area contributed by atoms with Crippen LogP contribution < -0.4 is 0 Å². The molecule has 0 saturated heterocycles. The number of carbonyl (C=O) groups is 1. The standard InChI is InChI=1S/C15H21ClOS/c1-2-3-4-5-6-9-13(17)12-18-15-11-8-7-10-14(15)16/h7-8,10-11H,2-6,9,12H2,1H3. The van der Waals surface area contributed by atoms with Crippen molar-refractivity contribution >= 4 is 29.1 Å². The maximum atomic E-state index is 11.7. The molecule has 0 aliphatic heterocycles. The van der Waals surface area contributed by atoms with Gasteiger partial charge in [0.1, 0.15) is 5.78 Å². The summed E-state index contributed by atoms with van der Waals surface area (Å²) in [5, 5.41) is 0.734. The molecule has 0 saturated carbocycles. The summed E-state index contributed by atoms with van der Waals surface area (Å²) in [7, 11) is 0. The smallest absolute Gasteiger partial charge is 0.143 e. The van der Waals surface area contributed by atoms with Crippen molar-refractivity contribution in [3.63, 3.8) is 0 Å². The summed E-state index contributed by atoms with van der Waals surface area (Å²) in [5.41, 5.74) is 0. The lowest BCUT2D eigenvalue weighted by molar-refractivity contribution is -0.116. The molecule has 0 atom stereocenters. The second kappa shape index (κ2) is 9.46. The Labute approximate surface area is 119 Å². The van der Waals surface area contributed by atoms with Crippen LogP contribution in [-0.2, 0) is 4.79 Å². The van der Waals surface area contributed by atoms with E-state index in [4.69, 9.17) is 11.6 Å². The van der Waals surface area contributed by atoms with Gasteiger partial charge in [0, 0.05) is 11.3 Å². The molecule has 1 rings (SSSR count). The van der Waals surface area contributed by atoms with E-state index in [1.165, 1.54) is 25.7 Å². The van der Waals surface area contributed by atoms with Gasteiger partial charge in [-0.2, -0.15) is 0 Å². The van der Waals surface area contributed by atoms with Crippen molar-refractivity contribution in [2.24, 2.45) is 0 Å². The molecule has 0 aromatic heterocycles. The minimum absolute atomic E-state index is 0.330. The molecule has 0 N–H and O–H groups in total. The second-order valence-corrected chi connectivity index (χ2v) is 5.85. The molecule has 1 nitrogen and oxygen atoms in total. The number of ketones is 1. The van der Waals surface area contributed by atoms with Crippen LogP contribution in [0.1, 0.15) is 45.4 Å². The lowest BCUT2D eigenvalue weighted by Gasteiger charge is -2.03. The van der Waals surface area contributed by atoms with Crippen molar-refractivity contribution in [3.8, 4) is 0 Å². The number of hydrogen-bond acceptors (Lipinski definition) is 2. The normalized spacial score (nSPS) is 10.6. The van der Waals surface area contributed by atoms with Crippen molar-refractivity contribution in [2.75, 3.05) is 5.75 Å². The van der Waals surface area contributed by atoms with Crippen LogP contribution in [0.5, 0.6) is 0 Å². The van der Waals surface area contributed by atoms with Crippen LogP contribution in [0.2, 0.25) is 5.02 Å². The van der Waals surface area contributed by atoms with E-state index in [2.05, 4.69) is 6.92 Å². The van der Waals surface area contributed by atoms with E-state index in [1.807, 2.05) is 24.3 Å². The van der Waals surface area contributed by atoms with E-state index in [-0.39, 0.29) is 0 Å². The Morgan fingerprint density at radius 2 is 1.89 bits per heavy atom. The van der Waals surface area contributed by atoms with Crippen LogP contribution in [-0.4, -0.2) is 11.5 Å². The van der Waals surface area contributed by atoms with Crippen molar-refractivity contribution in [3.05, 3.63) is 29.3 Å². The highest BCUT2D eigenvalue weighted by Gasteiger charge is 2.05. The fraction of sp³-hybridized carbons (Fsp3) is 0.533. The van der Waals surface area contributed by atoms with Gasteiger partial charge in [0.05, 0.1) is 10.8 Å². The Bertz CT molecular complexity index is 365. The predicted molar refractivity (Wildman–Crippen MR) is 80.6 cm³/mol. The molecule has 0 spiro atoms. The van der Waals surface area contributed by atoms with Crippen molar-refractivity contribution in [1.29, 1.82) is 0 Å². The number of rotatable bonds is 9. The van der Waals surface area contributed by atoms with Gasteiger partial charge in [-0.25, -0.2) is 0 Å². The van der Waals surface area contributed by atoms with Gasteiger partial charge in [-0.3, -0.25) is 4.79 Å². The number of thioether (sulfide) groups is 1. The average Bonchev–Trinajstić information content (AvgIpc) is 2.37. The van der Waals surface area contributed by atoms with Gasteiger partial charge in [-0.1, -0.05) is 56.3 Å². The summed E-state index contributed by atoms with van der Waals surface area (Å²) in [5.74, 6) is 0.869. The summed E-state index contributed by atoms with van der Waals surface area (Å²) in [6.07, 6.45) is 6.69. The highest BCUT2D eigenvalue weighted by Crippen LogP contribution is 2.26. The van der Waals surface area contributed by atoms with Crippen LogP contribution in [0.25, 0.3) is 0 Å². The lowest BCUT2D eigenvalue weighted by Crippen LogP contribution is -2.01. The van der Waals surface area contributed by atoms with E-state index in [0.29, 0.717) is 18.0 Å². The van der Waals surface area contributed by atoms with Crippen molar-refractivity contribution in [1.82, 2.24) is 0 Å². The molecule has 0 amide bonds. The van der Waals surface area contributed by atoms with E-state index in [1.54, 1.807) is 11.8 Å². The van der Waals surface area contributed by atoms with Crippen LogP contribution in [0.15, 0.2) is 29.2 Å². The molecule has 0 radical (unpaired) electrons. The van der Waals surface area contributed by atoms with Gasteiger partial charge in [0.25, 0.3) is 0 Å². The molecule has 0 unspecified atom stereocenters. The van der Waals surface area contributed by atoms with Gasteiger partial charge in [-0.15, -0.1) is 11.8 Å². The summed E-state index contributed by atoms with van der Waals surface area (Å²) >= 11 is 7.58. The van der Waals surface area contributed by atoms with Crippen molar-refractivity contribution < 1.29 is 4.79 Å². The van der Waals surface area contributed by atoms with E-state index in [9.17, 15) is 4.79 Å². The molecule has 0 aliphatic rings. The van der Waals surface area contributed by atoms with Gasteiger partial charge < -0.3 is 0 Å². The quantitative estimate of drug-likeness (QED) is 0.448. The maximum Gasteiger partial charge on any atom is 0.143 e. The first-order chi connectivity index (χ1) is 8.74.